The highest BCUT2D eigenvalue weighted by Gasteiger charge is 2.19. The molecule has 1 amide bonds. The normalized spacial score (nSPS) is 12.8. The highest BCUT2D eigenvalue weighted by atomic mass is 32.1. The van der Waals surface area contributed by atoms with E-state index >= 15 is 0 Å². The quantitative estimate of drug-likeness (QED) is 0.370. The summed E-state index contributed by atoms with van der Waals surface area (Å²) >= 11 is 1.66. The number of nitrogens with one attached hydrogen (secondary N) is 2. The zero-order valence-electron chi connectivity index (χ0n) is 17.3. The van der Waals surface area contributed by atoms with Crippen LogP contribution in [0.4, 0.5) is 0 Å². The number of hydrogen-bond donors (Lipinski definition) is 2. The summed E-state index contributed by atoms with van der Waals surface area (Å²) in [5, 5.41) is 8.74. The average Bonchev–Trinajstić information content (AvgIpc) is 3.37. The molecule has 0 spiro atoms. The second-order valence-electron chi connectivity index (χ2n) is 7.46. The molecule has 1 heterocycles. The van der Waals surface area contributed by atoms with Crippen LogP contribution in [0.5, 0.6) is 0 Å². The molecular weight excluding hydrogens is 400 g/mol. The first-order chi connectivity index (χ1) is 15.3. The molecule has 4 rings (SSSR count). The van der Waals surface area contributed by atoms with Crippen molar-refractivity contribution >= 4 is 17.2 Å². The summed E-state index contributed by atoms with van der Waals surface area (Å²) in [6.45, 7) is 0.251. The lowest BCUT2D eigenvalue weighted by atomic mass is 9.99. The van der Waals surface area contributed by atoms with E-state index in [9.17, 15) is 4.79 Å². The Hall–Kier alpha value is -3.21. The summed E-state index contributed by atoms with van der Waals surface area (Å²) in [7, 11) is 0. The van der Waals surface area contributed by atoms with Gasteiger partial charge in [0.25, 0.3) is 0 Å². The molecule has 0 radical (unpaired) electrons. The van der Waals surface area contributed by atoms with E-state index in [4.69, 9.17) is 0 Å². The van der Waals surface area contributed by atoms with Crippen LogP contribution in [0.1, 0.15) is 33.7 Å². The van der Waals surface area contributed by atoms with Crippen molar-refractivity contribution in [2.24, 2.45) is 0 Å². The second kappa shape index (κ2) is 10.7. The molecule has 0 bridgehead atoms. The molecule has 2 atom stereocenters. The Bertz CT molecular complexity index is 1050. The molecule has 0 aliphatic carbocycles. The van der Waals surface area contributed by atoms with Gasteiger partial charge in [0.1, 0.15) is 0 Å². The lowest BCUT2D eigenvalue weighted by molar-refractivity contribution is -0.120. The third-order valence-electron chi connectivity index (χ3n) is 5.26. The van der Waals surface area contributed by atoms with Crippen LogP contribution in [0, 0.1) is 0 Å². The Morgan fingerprint density at radius 1 is 0.742 bits per heavy atom. The summed E-state index contributed by atoms with van der Waals surface area (Å²) in [4.78, 5) is 14.1. The lowest BCUT2D eigenvalue weighted by Crippen LogP contribution is -2.38. The van der Waals surface area contributed by atoms with E-state index in [0.29, 0.717) is 0 Å². The minimum absolute atomic E-state index is 0.0174. The van der Waals surface area contributed by atoms with E-state index in [1.807, 2.05) is 53.9 Å². The van der Waals surface area contributed by atoms with Crippen molar-refractivity contribution in [3.8, 4) is 0 Å². The molecule has 4 heteroatoms. The standard InChI is InChI=1S/C27H26N2OS/c30-26(29-27(25-17-10-18-31-25)23-15-8-3-9-16-23)20-28-24(22-13-6-2-7-14-22)19-21-11-4-1-5-12-21/h1-18,24,27-28H,19-20H2,(H,29,30)/t24-,27+/m0/s1. The lowest BCUT2D eigenvalue weighted by Gasteiger charge is -2.22. The van der Waals surface area contributed by atoms with Crippen LogP contribution < -0.4 is 10.6 Å². The van der Waals surface area contributed by atoms with E-state index in [-0.39, 0.29) is 24.5 Å². The predicted molar refractivity (Wildman–Crippen MR) is 128 cm³/mol. The van der Waals surface area contributed by atoms with Gasteiger partial charge in [-0.2, -0.15) is 0 Å². The Morgan fingerprint density at radius 2 is 1.35 bits per heavy atom. The molecule has 156 valence electrons. The van der Waals surface area contributed by atoms with Crippen LogP contribution in [-0.2, 0) is 11.2 Å². The maximum Gasteiger partial charge on any atom is 0.234 e. The van der Waals surface area contributed by atoms with Gasteiger partial charge in [0.2, 0.25) is 5.91 Å². The molecule has 2 N–H and O–H groups in total. The van der Waals surface area contributed by atoms with Crippen molar-refractivity contribution in [1.82, 2.24) is 10.6 Å². The van der Waals surface area contributed by atoms with E-state index < -0.39 is 0 Å². The topological polar surface area (TPSA) is 41.1 Å². The minimum atomic E-state index is -0.139. The number of thiophene rings is 1. The van der Waals surface area contributed by atoms with Crippen LogP contribution in [0.25, 0.3) is 0 Å². The largest absolute Gasteiger partial charge is 0.343 e. The Kier molecular flexibility index (Phi) is 7.27. The Morgan fingerprint density at radius 3 is 1.97 bits per heavy atom. The molecule has 0 fully saturated rings. The van der Waals surface area contributed by atoms with E-state index in [2.05, 4.69) is 65.2 Å². The average molecular weight is 427 g/mol. The van der Waals surface area contributed by atoms with Crippen LogP contribution in [0.3, 0.4) is 0 Å². The third-order valence-corrected chi connectivity index (χ3v) is 6.20. The molecule has 3 nitrogen and oxygen atoms in total. The van der Waals surface area contributed by atoms with Crippen LogP contribution in [0.2, 0.25) is 0 Å². The molecule has 1 aromatic heterocycles. The number of amides is 1. The van der Waals surface area contributed by atoms with E-state index in [1.165, 1.54) is 11.1 Å². The number of rotatable bonds is 9. The Balaban J connectivity index is 1.45. The number of carbonyl (C=O) groups excluding carboxylic acids is 1. The molecule has 4 aromatic rings. The van der Waals surface area contributed by atoms with Crippen molar-refractivity contribution in [1.29, 1.82) is 0 Å². The van der Waals surface area contributed by atoms with Gasteiger partial charge in [-0.25, -0.2) is 0 Å². The summed E-state index contributed by atoms with van der Waals surface area (Å²) in [5.41, 5.74) is 3.50. The fraction of sp³-hybridized carbons (Fsp3) is 0.148. The second-order valence-corrected chi connectivity index (χ2v) is 8.44. The fourth-order valence-corrected chi connectivity index (χ4v) is 4.49. The first kappa shape index (κ1) is 21.0. The fourth-order valence-electron chi connectivity index (χ4n) is 3.69. The van der Waals surface area contributed by atoms with Crippen molar-refractivity contribution in [3.63, 3.8) is 0 Å². The van der Waals surface area contributed by atoms with Crippen molar-refractivity contribution in [2.45, 2.75) is 18.5 Å². The van der Waals surface area contributed by atoms with Crippen LogP contribution >= 0.6 is 11.3 Å². The third kappa shape index (κ3) is 5.91. The summed E-state index contributed by atoms with van der Waals surface area (Å²) in [6.07, 6.45) is 0.825. The highest BCUT2D eigenvalue weighted by Crippen LogP contribution is 2.26. The van der Waals surface area contributed by atoms with Crippen LogP contribution in [-0.4, -0.2) is 12.5 Å². The zero-order valence-corrected chi connectivity index (χ0v) is 18.1. The first-order valence-corrected chi connectivity index (χ1v) is 11.4. The molecule has 0 unspecified atom stereocenters. The first-order valence-electron chi connectivity index (χ1n) is 10.5. The maximum absolute atomic E-state index is 12.9. The van der Waals surface area contributed by atoms with Crippen molar-refractivity contribution in [2.75, 3.05) is 6.54 Å². The van der Waals surface area contributed by atoms with Gasteiger partial charge in [0.15, 0.2) is 0 Å². The van der Waals surface area contributed by atoms with Gasteiger partial charge < -0.3 is 10.6 Å². The van der Waals surface area contributed by atoms with E-state index in [1.54, 1.807) is 11.3 Å². The molecule has 0 saturated heterocycles. The summed E-state index contributed by atoms with van der Waals surface area (Å²) in [6, 6.07) is 34.8. The zero-order chi connectivity index (χ0) is 21.3. The van der Waals surface area contributed by atoms with Gasteiger partial charge in [0.05, 0.1) is 12.6 Å². The van der Waals surface area contributed by atoms with Gasteiger partial charge in [-0.15, -0.1) is 11.3 Å². The summed E-state index contributed by atoms with van der Waals surface area (Å²) in [5.74, 6) is -0.0174. The number of benzene rings is 3. The van der Waals surface area contributed by atoms with Gasteiger partial charge in [0, 0.05) is 10.9 Å². The molecule has 3 aromatic carbocycles. The van der Waals surface area contributed by atoms with Gasteiger partial charge in [-0.3, -0.25) is 4.79 Å². The van der Waals surface area contributed by atoms with Crippen LogP contribution in [0.15, 0.2) is 109 Å². The van der Waals surface area contributed by atoms with Gasteiger partial charge >= 0.3 is 0 Å². The minimum Gasteiger partial charge on any atom is -0.343 e. The number of hydrogen-bond acceptors (Lipinski definition) is 3. The maximum atomic E-state index is 12.9. The van der Waals surface area contributed by atoms with Gasteiger partial charge in [-0.05, 0) is 34.6 Å². The predicted octanol–water partition coefficient (Wildman–Crippen LogP) is 5.53. The number of carbonyl (C=O) groups is 1. The molecule has 0 saturated carbocycles. The molecule has 0 aliphatic heterocycles. The monoisotopic (exact) mass is 426 g/mol. The molecular formula is C27H26N2OS. The smallest absolute Gasteiger partial charge is 0.234 e. The Labute approximate surface area is 187 Å². The SMILES string of the molecule is O=C(CN[C@@H](Cc1ccccc1)c1ccccc1)N[C@H](c1ccccc1)c1cccs1. The summed E-state index contributed by atoms with van der Waals surface area (Å²) < 4.78 is 0. The molecule has 0 aliphatic rings. The van der Waals surface area contributed by atoms with Gasteiger partial charge in [-0.1, -0.05) is 97.1 Å². The van der Waals surface area contributed by atoms with Crippen molar-refractivity contribution < 1.29 is 4.79 Å². The van der Waals surface area contributed by atoms with E-state index in [0.717, 1.165) is 16.9 Å². The molecule has 31 heavy (non-hydrogen) atoms. The van der Waals surface area contributed by atoms with Crippen molar-refractivity contribution in [3.05, 3.63) is 130 Å². The highest BCUT2D eigenvalue weighted by molar-refractivity contribution is 7.10.